The summed E-state index contributed by atoms with van der Waals surface area (Å²) in [5.74, 6) is -33.9. The Bertz CT molecular complexity index is 919. The smallest absolute Gasteiger partial charge is 0.379 e. The second-order valence-corrected chi connectivity index (χ2v) is 7.09. The quantitative estimate of drug-likeness (QED) is 0.234. The predicted molar refractivity (Wildman–Crippen MR) is 71.0 cm³/mol. The van der Waals surface area contributed by atoms with Crippen molar-refractivity contribution < 1.29 is 53.6 Å². The summed E-state index contributed by atoms with van der Waals surface area (Å²) in [6, 6.07) is 1.96. The minimum atomic E-state index is -6.67. The first-order valence-electron chi connectivity index (χ1n) is 6.69. The van der Waals surface area contributed by atoms with Gasteiger partial charge in [-0.3, -0.25) is 10.1 Å². The number of benzene rings is 1. The van der Waals surface area contributed by atoms with Crippen LogP contribution in [-0.4, -0.2) is 42.9 Å². The molecule has 0 unspecified atom stereocenters. The normalized spacial score (nSPS) is 23.5. The van der Waals surface area contributed by atoms with Crippen molar-refractivity contribution in [3.05, 3.63) is 34.4 Å². The molecule has 0 saturated heterocycles. The molecule has 1 aromatic carbocycles. The molecule has 1 saturated carbocycles. The van der Waals surface area contributed by atoms with Gasteiger partial charge in [-0.25, -0.2) is 0 Å². The number of alkyl halides is 8. The number of rotatable bonds is 4. The SMILES string of the molecule is O=[N+]([O-])c1ccc(S(=O)(=O)/N=C(\[O-])C2C(F)(F)C(F)(F)C(F)(F)C2(F)F)cc1. The molecule has 16 heteroatoms. The van der Waals surface area contributed by atoms with E-state index in [9.17, 15) is 58.8 Å². The average molecular weight is 441 g/mol. The lowest BCUT2D eigenvalue weighted by atomic mass is 10.0. The van der Waals surface area contributed by atoms with Crippen molar-refractivity contribution in [3.8, 4) is 0 Å². The molecule has 7 nitrogen and oxygen atoms in total. The van der Waals surface area contributed by atoms with Crippen LogP contribution >= 0.6 is 0 Å². The third-order valence-corrected chi connectivity index (χ3v) is 5.05. The van der Waals surface area contributed by atoms with Crippen LogP contribution in [0.3, 0.4) is 0 Å². The van der Waals surface area contributed by atoms with E-state index in [1.165, 1.54) is 0 Å². The molecular formula is C12H5F8N2O5S-. The molecule has 1 aliphatic carbocycles. The van der Waals surface area contributed by atoms with Crippen LogP contribution in [0.15, 0.2) is 33.6 Å². The Morgan fingerprint density at radius 3 is 1.68 bits per heavy atom. The highest BCUT2D eigenvalue weighted by atomic mass is 32.2. The van der Waals surface area contributed by atoms with Crippen LogP contribution in [0.2, 0.25) is 0 Å². The number of nitro groups is 1. The predicted octanol–water partition coefficient (Wildman–Crippen LogP) is 2.21. The summed E-state index contributed by atoms with van der Waals surface area (Å²) in [7, 11) is -5.42. The highest BCUT2D eigenvalue weighted by Gasteiger charge is 2.93. The zero-order valence-corrected chi connectivity index (χ0v) is 13.6. The van der Waals surface area contributed by atoms with Gasteiger partial charge in [-0.2, -0.15) is 47.9 Å². The summed E-state index contributed by atoms with van der Waals surface area (Å²) in [4.78, 5) is 8.36. The summed E-state index contributed by atoms with van der Waals surface area (Å²) in [6.45, 7) is 0. The number of nitro benzene ring substituents is 1. The largest absolute Gasteiger partial charge is 0.861 e. The Morgan fingerprint density at radius 2 is 1.32 bits per heavy atom. The number of hydrogen-bond donors (Lipinski definition) is 0. The maximum atomic E-state index is 13.5. The summed E-state index contributed by atoms with van der Waals surface area (Å²) >= 11 is 0. The summed E-state index contributed by atoms with van der Waals surface area (Å²) in [5, 5.41) is 22.0. The first kappa shape index (κ1) is 21.8. The molecule has 156 valence electrons. The molecule has 1 aromatic rings. The van der Waals surface area contributed by atoms with E-state index < -0.39 is 61.0 Å². The third-order valence-electron chi connectivity index (χ3n) is 3.76. The maximum absolute atomic E-state index is 13.5. The second-order valence-electron chi connectivity index (χ2n) is 5.48. The molecule has 0 heterocycles. The summed E-state index contributed by atoms with van der Waals surface area (Å²) < 4.78 is 132. The maximum Gasteiger partial charge on any atom is 0.379 e. The number of non-ortho nitro benzene ring substituents is 1. The van der Waals surface area contributed by atoms with E-state index in [2.05, 4.69) is 0 Å². The molecule has 1 fully saturated rings. The minimum absolute atomic E-state index is 0.429. The van der Waals surface area contributed by atoms with E-state index in [1.54, 1.807) is 0 Å². The van der Waals surface area contributed by atoms with Gasteiger partial charge in [0.2, 0.25) is 0 Å². The van der Waals surface area contributed by atoms with Crippen LogP contribution in [0.4, 0.5) is 40.8 Å². The Balaban J connectivity index is 2.55. The van der Waals surface area contributed by atoms with Crippen molar-refractivity contribution >= 4 is 21.6 Å². The van der Waals surface area contributed by atoms with Crippen LogP contribution in [0.1, 0.15) is 0 Å². The van der Waals surface area contributed by atoms with E-state index in [0.717, 1.165) is 0 Å². The second kappa shape index (κ2) is 5.99. The van der Waals surface area contributed by atoms with Gasteiger partial charge in [0, 0.05) is 12.1 Å². The minimum Gasteiger partial charge on any atom is -0.861 e. The molecule has 0 atom stereocenters. The Kier molecular flexibility index (Phi) is 4.66. The van der Waals surface area contributed by atoms with Crippen LogP contribution in [-0.2, 0) is 10.0 Å². The molecule has 0 aliphatic heterocycles. The first-order chi connectivity index (χ1) is 12.4. The zero-order chi connectivity index (χ0) is 21.9. The van der Waals surface area contributed by atoms with Crippen LogP contribution in [0, 0.1) is 16.0 Å². The van der Waals surface area contributed by atoms with Gasteiger partial charge in [-0.15, -0.1) is 0 Å². The lowest BCUT2D eigenvalue weighted by molar-refractivity contribution is -0.384. The fourth-order valence-corrected chi connectivity index (χ4v) is 3.21. The zero-order valence-electron chi connectivity index (χ0n) is 12.8. The summed E-state index contributed by atoms with van der Waals surface area (Å²) in [6.07, 6.45) is 0. The van der Waals surface area contributed by atoms with Gasteiger partial charge in [-0.1, -0.05) is 0 Å². The van der Waals surface area contributed by atoms with Gasteiger partial charge in [0.1, 0.15) is 5.92 Å². The lowest BCUT2D eigenvalue weighted by Gasteiger charge is -2.27. The fourth-order valence-electron chi connectivity index (χ4n) is 2.28. The molecule has 28 heavy (non-hydrogen) atoms. The standard InChI is InChI=1S/C12H6F8N2O5S/c13-9(14)7(10(15,16)12(19,20)11(9,17)18)8(23)21-28(26,27)6-3-1-5(2-4-6)22(24)25/h1-4,7H,(H,21,23)/p-1. The van der Waals surface area contributed by atoms with E-state index in [4.69, 9.17) is 0 Å². The molecule has 0 spiro atoms. The van der Waals surface area contributed by atoms with E-state index in [1.807, 2.05) is 4.40 Å². The average Bonchev–Trinajstić information content (AvgIpc) is 2.59. The Labute approximate surface area is 149 Å². The highest BCUT2D eigenvalue weighted by molar-refractivity contribution is 7.90. The number of nitrogens with zero attached hydrogens (tertiary/aromatic N) is 2. The highest BCUT2D eigenvalue weighted by Crippen LogP contribution is 2.65. The number of sulfonamides is 1. The third kappa shape index (κ3) is 2.77. The van der Waals surface area contributed by atoms with E-state index >= 15 is 0 Å². The van der Waals surface area contributed by atoms with Crippen LogP contribution in [0.25, 0.3) is 0 Å². The van der Waals surface area contributed by atoms with Gasteiger partial charge in [0.15, 0.2) is 0 Å². The van der Waals surface area contributed by atoms with Crippen LogP contribution < -0.4 is 5.11 Å². The Hall–Kier alpha value is -2.52. The van der Waals surface area contributed by atoms with Gasteiger partial charge in [0.05, 0.1) is 9.82 Å². The molecule has 0 aromatic heterocycles. The van der Waals surface area contributed by atoms with E-state index in [0.29, 0.717) is 24.3 Å². The monoisotopic (exact) mass is 441 g/mol. The van der Waals surface area contributed by atoms with Crippen molar-refractivity contribution in [2.45, 2.75) is 28.6 Å². The summed E-state index contributed by atoms with van der Waals surface area (Å²) in [5.41, 5.74) is -0.668. The molecule has 1 aliphatic rings. The number of halogens is 8. The van der Waals surface area contributed by atoms with Gasteiger partial charge < -0.3 is 5.11 Å². The lowest BCUT2D eigenvalue weighted by Crippen LogP contribution is -2.51. The van der Waals surface area contributed by atoms with Crippen molar-refractivity contribution in [1.82, 2.24) is 0 Å². The topological polar surface area (TPSA) is 113 Å². The molecule has 0 bridgehead atoms. The molecule has 0 N–H and O–H groups in total. The van der Waals surface area contributed by atoms with Gasteiger partial charge >= 0.3 is 23.7 Å². The molecule has 2 rings (SSSR count). The molecule has 0 amide bonds. The van der Waals surface area contributed by atoms with Crippen molar-refractivity contribution in [3.63, 3.8) is 0 Å². The van der Waals surface area contributed by atoms with Crippen molar-refractivity contribution in [2.75, 3.05) is 0 Å². The first-order valence-corrected chi connectivity index (χ1v) is 8.13. The fraction of sp³-hybridized carbons (Fsp3) is 0.417. The van der Waals surface area contributed by atoms with Gasteiger partial charge in [-0.05, 0) is 18.0 Å². The molecular weight excluding hydrogens is 436 g/mol. The van der Waals surface area contributed by atoms with Gasteiger partial charge in [0.25, 0.3) is 15.7 Å². The molecule has 0 radical (unpaired) electrons. The van der Waals surface area contributed by atoms with Crippen LogP contribution in [0.5, 0.6) is 0 Å². The van der Waals surface area contributed by atoms with Crippen molar-refractivity contribution in [2.24, 2.45) is 10.3 Å². The number of hydrogen-bond acceptors (Lipinski definition) is 5. The van der Waals surface area contributed by atoms with Crippen molar-refractivity contribution in [1.29, 1.82) is 0 Å². The van der Waals surface area contributed by atoms with E-state index in [-0.39, 0.29) is 0 Å². The Morgan fingerprint density at radius 1 is 0.929 bits per heavy atom.